The van der Waals surface area contributed by atoms with E-state index in [1.807, 2.05) is 0 Å². The van der Waals surface area contributed by atoms with Gasteiger partial charge in [0.15, 0.2) is 0 Å². The van der Waals surface area contributed by atoms with Gasteiger partial charge < -0.3 is 9.80 Å². The molecule has 0 bridgehead atoms. The predicted molar refractivity (Wildman–Crippen MR) is 308 cm³/mol. The lowest BCUT2D eigenvalue weighted by atomic mass is 9.88. The second-order valence-electron chi connectivity index (χ2n) is 18.1. The molecule has 0 aromatic heterocycles. The number of para-hydroxylation sites is 4. The van der Waals surface area contributed by atoms with Crippen LogP contribution in [0.2, 0.25) is 0 Å². The fourth-order valence-corrected chi connectivity index (χ4v) is 10.2. The molecule has 0 aliphatic heterocycles. The molecule has 12 rings (SSSR count). The standard InChI is InChI=1S/C70H50N2/c1-7-23-51(24-8-1)67(53-39-43-61(44-40-53)71(57-27-11-3-12-28-57)58-29-13-4-14-30-58)47-55-49-69-66-38-22-20-36-64(66)56(50-70(69)65-37-21-19-35-63(55)65)48-68(52-25-9-2-10-26-52)54-41-45-62(46-42-54)72(59-31-15-5-16-32-59)60-33-17-6-18-34-60/h1-50H. The zero-order chi connectivity index (χ0) is 48.1. The smallest absolute Gasteiger partial charge is 0.0462 e. The highest BCUT2D eigenvalue weighted by atomic mass is 15.1. The number of hydrogen-bond acceptors (Lipinski definition) is 2. The van der Waals surface area contributed by atoms with E-state index in [0.717, 1.165) is 67.5 Å². The van der Waals surface area contributed by atoms with Crippen molar-refractivity contribution in [1.82, 2.24) is 0 Å². The summed E-state index contributed by atoms with van der Waals surface area (Å²) in [5.41, 5.74) is 16.0. The fourth-order valence-electron chi connectivity index (χ4n) is 10.2. The van der Waals surface area contributed by atoms with E-state index in [2.05, 4.69) is 313 Å². The van der Waals surface area contributed by atoms with Gasteiger partial charge in [-0.1, -0.05) is 206 Å². The van der Waals surface area contributed by atoms with Gasteiger partial charge in [-0.25, -0.2) is 0 Å². The first-order valence-corrected chi connectivity index (χ1v) is 24.7. The van der Waals surface area contributed by atoms with Crippen molar-refractivity contribution >= 4 is 89.7 Å². The maximum atomic E-state index is 2.42. The molecule has 12 aromatic rings. The molecule has 0 unspecified atom stereocenters. The zero-order valence-corrected chi connectivity index (χ0v) is 39.8. The van der Waals surface area contributed by atoms with Crippen molar-refractivity contribution in [3.8, 4) is 0 Å². The van der Waals surface area contributed by atoms with E-state index in [1.54, 1.807) is 0 Å². The Labute approximate surface area is 422 Å². The zero-order valence-electron chi connectivity index (χ0n) is 39.8. The second kappa shape index (κ2) is 19.8. The third-order valence-corrected chi connectivity index (χ3v) is 13.6. The Morgan fingerprint density at radius 3 is 0.750 bits per heavy atom. The predicted octanol–water partition coefficient (Wildman–Crippen LogP) is 19.3. The van der Waals surface area contributed by atoms with Crippen molar-refractivity contribution < 1.29 is 0 Å². The van der Waals surface area contributed by atoms with Gasteiger partial charge in [-0.3, -0.25) is 0 Å². The van der Waals surface area contributed by atoms with E-state index in [1.165, 1.54) is 43.4 Å². The average Bonchev–Trinajstić information content (AvgIpc) is 3.46. The summed E-state index contributed by atoms with van der Waals surface area (Å²) in [5.74, 6) is 0. The molecule has 0 heterocycles. The molecule has 0 saturated heterocycles. The lowest BCUT2D eigenvalue weighted by molar-refractivity contribution is 1.28. The van der Waals surface area contributed by atoms with E-state index in [0.29, 0.717) is 0 Å². The highest BCUT2D eigenvalue weighted by molar-refractivity contribution is 6.22. The molecule has 340 valence electrons. The Morgan fingerprint density at radius 1 is 0.208 bits per heavy atom. The number of nitrogens with zero attached hydrogens (tertiary/aromatic N) is 2. The van der Waals surface area contributed by atoms with Crippen molar-refractivity contribution in [2.45, 2.75) is 0 Å². The van der Waals surface area contributed by atoms with Gasteiger partial charge in [0.05, 0.1) is 0 Å². The number of anilines is 6. The first kappa shape index (κ1) is 43.8. The van der Waals surface area contributed by atoms with Gasteiger partial charge in [0, 0.05) is 34.1 Å². The van der Waals surface area contributed by atoms with E-state index in [9.17, 15) is 0 Å². The highest BCUT2D eigenvalue weighted by Gasteiger charge is 2.18. The minimum absolute atomic E-state index is 1.10. The molecule has 0 saturated carbocycles. The van der Waals surface area contributed by atoms with Gasteiger partial charge in [0.25, 0.3) is 0 Å². The average molecular weight is 919 g/mol. The Hall–Kier alpha value is -9.50. The molecular formula is C70H50N2. The summed E-state index contributed by atoms with van der Waals surface area (Å²) in [6.45, 7) is 0. The molecule has 0 fully saturated rings. The van der Waals surface area contributed by atoms with Crippen LogP contribution in [0.3, 0.4) is 0 Å². The second-order valence-corrected chi connectivity index (χ2v) is 18.1. The summed E-state index contributed by atoms with van der Waals surface area (Å²) in [5, 5.41) is 7.31. The van der Waals surface area contributed by atoms with Gasteiger partial charge in [-0.05, 0) is 174 Å². The van der Waals surface area contributed by atoms with Crippen molar-refractivity contribution in [2.24, 2.45) is 0 Å². The van der Waals surface area contributed by atoms with Gasteiger partial charge in [0.1, 0.15) is 0 Å². The molecule has 0 spiro atoms. The Balaban J connectivity index is 0.993. The molecule has 0 aliphatic carbocycles. The van der Waals surface area contributed by atoms with E-state index < -0.39 is 0 Å². The highest BCUT2D eigenvalue weighted by Crippen LogP contribution is 2.42. The molecule has 0 aliphatic rings. The van der Waals surface area contributed by atoms with Crippen LogP contribution < -0.4 is 9.80 Å². The first-order valence-electron chi connectivity index (χ1n) is 24.7. The molecule has 2 nitrogen and oxygen atoms in total. The quantitative estimate of drug-likeness (QED) is 0.0890. The van der Waals surface area contributed by atoms with Gasteiger partial charge >= 0.3 is 0 Å². The minimum atomic E-state index is 1.10. The summed E-state index contributed by atoms with van der Waals surface area (Å²) in [6, 6.07) is 105. The molecule has 0 radical (unpaired) electrons. The minimum Gasteiger partial charge on any atom is -0.311 e. The largest absolute Gasteiger partial charge is 0.311 e. The van der Waals surface area contributed by atoms with Crippen LogP contribution in [0, 0.1) is 0 Å². The van der Waals surface area contributed by atoms with Gasteiger partial charge in [-0.2, -0.15) is 0 Å². The van der Waals surface area contributed by atoms with Gasteiger partial charge in [0.2, 0.25) is 0 Å². The summed E-state index contributed by atoms with van der Waals surface area (Å²) in [4.78, 5) is 4.62. The summed E-state index contributed by atoms with van der Waals surface area (Å²) >= 11 is 0. The summed E-state index contributed by atoms with van der Waals surface area (Å²) in [7, 11) is 0. The SMILES string of the molecule is C(=C(c1ccccc1)c1ccc(N(c2ccccc2)c2ccccc2)cc1)c1cc2c3ccccc3c(C=C(c3ccccc3)c3ccc(N(c4ccccc4)c4ccccc4)cc3)cc2c2ccccc12. The van der Waals surface area contributed by atoms with Crippen LogP contribution in [0.5, 0.6) is 0 Å². The summed E-state index contributed by atoms with van der Waals surface area (Å²) < 4.78 is 0. The third-order valence-electron chi connectivity index (χ3n) is 13.6. The van der Waals surface area contributed by atoms with Crippen LogP contribution in [-0.4, -0.2) is 0 Å². The number of benzene rings is 12. The van der Waals surface area contributed by atoms with Crippen LogP contribution >= 0.6 is 0 Å². The topological polar surface area (TPSA) is 6.48 Å². The maximum absolute atomic E-state index is 2.42. The molecule has 0 N–H and O–H groups in total. The van der Waals surface area contributed by atoms with Crippen LogP contribution in [0.15, 0.2) is 291 Å². The Bertz CT molecular complexity index is 3510. The van der Waals surface area contributed by atoms with Crippen LogP contribution in [0.1, 0.15) is 33.4 Å². The van der Waals surface area contributed by atoms with Crippen molar-refractivity contribution in [1.29, 1.82) is 0 Å². The van der Waals surface area contributed by atoms with Crippen LogP contribution in [0.25, 0.3) is 55.6 Å². The Morgan fingerprint density at radius 2 is 0.444 bits per heavy atom. The Kier molecular flexibility index (Phi) is 12.1. The first-order chi connectivity index (χ1) is 35.7. The van der Waals surface area contributed by atoms with E-state index in [-0.39, 0.29) is 0 Å². The third kappa shape index (κ3) is 8.75. The maximum Gasteiger partial charge on any atom is 0.0462 e. The molecule has 12 aromatic carbocycles. The van der Waals surface area contributed by atoms with Crippen LogP contribution in [-0.2, 0) is 0 Å². The molecular weight excluding hydrogens is 869 g/mol. The molecule has 0 amide bonds. The van der Waals surface area contributed by atoms with E-state index in [4.69, 9.17) is 0 Å². The number of rotatable bonds is 12. The lowest BCUT2D eigenvalue weighted by Crippen LogP contribution is -2.09. The van der Waals surface area contributed by atoms with Crippen molar-refractivity contribution in [2.75, 3.05) is 9.80 Å². The van der Waals surface area contributed by atoms with Gasteiger partial charge in [-0.15, -0.1) is 0 Å². The molecule has 72 heavy (non-hydrogen) atoms. The fraction of sp³-hybridized carbons (Fsp3) is 0. The number of fused-ring (bicyclic) bond motifs is 5. The number of hydrogen-bond donors (Lipinski definition) is 0. The van der Waals surface area contributed by atoms with Crippen molar-refractivity contribution in [3.05, 3.63) is 325 Å². The van der Waals surface area contributed by atoms with E-state index >= 15 is 0 Å². The lowest BCUT2D eigenvalue weighted by Gasteiger charge is -2.25. The van der Waals surface area contributed by atoms with Crippen LogP contribution in [0.4, 0.5) is 34.1 Å². The summed E-state index contributed by atoms with van der Waals surface area (Å²) in [6.07, 6.45) is 4.80. The molecule has 0 atom stereocenters. The monoisotopic (exact) mass is 918 g/mol. The normalized spacial score (nSPS) is 11.8. The molecule has 2 heteroatoms. The van der Waals surface area contributed by atoms with Crippen molar-refractivity contribution in [3.63, 3.8) is 0 Å².